The topological polar surface area (TPSA) is 84.8 Å². The molecule has 0 radical (unpaired) electrons. The van der Waals surface area contributed by atoms with Gasteiger partial charge in [-0.25, -0.2) is 14.2 Å². The maximum Gasteiger partial charge on any atom is 0.407 e. The molecule has 1 aliphatic carbocycles. The molecule has 1 saturated carbocycles. The number of halogens is 3. The Morgan fingerprint density at radius 3 is 2.47 bits per heavy atom. The summed E-state index contributed by atoms with van der Waals surface area (Å²) in [6.45, 7) is 12.8. The molecule has 2 atom stereocenters. The lowest BCUT2D eigenvalue weighted by molar-refractivity contribution is -0.00146. The number of anilines is 2. The summed E-state index contributed by atoms with van der Waals surface area (Å²) in [5.74, 6) is 0.420. The molecule has 8 nitrogen and oxygen atoms in total. The Morgan fingerprint density at radius 1 is 1.24 bits per heavy atom. The van der Waals surface area contributed by atoms with Gasteiger partial charge in [0, 0.05) is 49.7 Å². The predicted molar refractivity (Wildman–Crippen MR) is 153 cm³/mol. The molecule has 2 saturated heterocycles. The first-order valence-corrected chi connectivity index (χ1v) is 14.6. The van der Waals surface area contributed by atoms with Gasteiger partial charge in [-0.05, 0) is 66.9 Å². The van der Waals surface area contributed by atoms with E-state index in [0.29, 0.717) is 30.2 Å². The number of fused-ring (bicyclic) bond motifs is 1. The fourth-order valence-electron chi connectivity index (χ4n) is 5.82. The average Bonchev–Trinajstić information content (AvgIpc) is 3.69. The van der Waals surface area contributed by atoms with Gasteiger partial charge in [0.25, 0.3) is 0 Å². The SMILES string of the molecule is C[C@H]1CN(C(=O)O)[C@](C)(C(C)(C)C)CN1c1nc(NC2CCN(C3CC3)CC2)nc2c(F)c(Br)c(Cl)cc12. The number of rotatable bonds is 4. The third-order valence-electron chi connectivity index (χ3n) is 8.90. The fourth-order valence-corrected chi connectivity index (χ4v) is 6.32. The maximum absolute atomic E-state index is 15.6. The van der Waals surface area contributed by atoms with Gasteiger partial charge in [-0.2, -0.15) is 4.98 Å². The second kappa shape index (κ2) is 9.93. The number of piperidine rings is 1. The highest BCUT2D eigenvalue weighted by Gasteiger charge is 2.51. The quantitative estimate of drug-likeness (QED) is 0.397. The molecule has 3 aliphatic rings. The zero-order chi connectivity index (χ0) is 27.6. The van der Waals surface area contributed by atoms with E-state index in [1.54, 1.807) is 6.07 Å². The summed E-state index contributed by atoms with van der Waals surface area (Å²) < 4.78 is 15.7. The van der Waals surface area contributed by atoms with Crippen molar-refractivity contribution in [1.82, 2.24) is 19.8 Å². The molecular weight excluding hydrogens is 575 g/mol. The molecule has 5 rings (SSSR count). The highest BCUT2D eigenvalue weighted by atomic mass is 79.9. The summed E-state index contributed by atoms with van der Waals surface area (Å²) in [4.78, 5) is 28.0. The van der Waals surface area contributed by atoms with Crippen LogP contribution in [0.1, 0.15) is 60.3 Å². The monoisotopic (exact) mass is 610 g/mol. The third kappa shape index (κ3) is 4.92. The lowest BCUT2D eigenvalue weighted by Gasteiger charge is -2.56. The summed E-state index contributed by atoms with van der Waals surface area (Å²) in [5, 5.41) is 14.3. The number of hydrogen-bond donors (Lipinski definition) is 2. The van der Waals surface area contributed by atoms with Gasteiger partial charge in [-0.3, -0.25) is 4.90 Å². The molecule has 11 heteroatoms. The minimum absolute atomic E-state index is 0.170. The van der Waals surface area contributed by atoms with Gasteiger partial charge in [0.1, 0.15) is 11.3 Å². The molecule has 3 fully saturated rings. The van der Waals surface area contributed by atoms with E-state index in [4.69, 9.17) is 16.6 Å². The van der Waals surface area contributed by atoms with Crippen molar-refractivity contribution in [2.24, 2.45) is 5.41 Å². The van der Waals surface area contributed by atoms with Crippen LogP contribution >= 0.6 is 27.5 Å². The van der Waals surface area contributed by atoms with Crippen molar-refractivity contribution >= 4 is 56.3 Å². The number of carboxylic acid groups (broad SMARTS) is 1. The van der Waals surface area contributed by atoms with Gasteiger partial charge in [-0.1, -0.05) is 32.4 Å². The number of nitrogens with one attached hydrogen (secondary N) is 1. The highest BCUT2D eigenvalue weighted by molar-refractivity contribution is 9.10. The molecule has 0 unspecified atom stereocenters. The number of aromatic nitrogens is 2. The van der Waals surface area contributed by atoms with Crippen LogP contribution in [0.4, 0.5) is 21.0 Å². The van der Waals surface area contributed by atoms with E-state index < -0.39 is 17.4 Å². The Hall–Kier alpha value is -1.91. The lowest BCUT2D eigenvalue weighted by atomic mass is 9.71. The van der Waals surface area contributed by atoms with Crippen LogP contribution in [0, 0.1) is 11.2 Å². The molecule has 1 aromatic carbocycles. The van der Waals surface area contributed by atoms with E-state index in [1.165, 1.54) is 17.7 Å². The van der Waals surface area contributed by atoms with Crippen LogP contribution in [0.5, 0.6) is 0 Å². The minimum atomic E-state index is -0.945. The number of likely N-dealkylation sites (tertiary alicyclic amines) is 1. The maximum atomic E-state index is 15.6. The third-order valence-corrected chi connectivity index (χ3v) is 10.2. The zero-order valence-corrected chi connectivity index (χ0v) is 25.0. The second-order valence-electron chi connectivity index (χ2n) is 12.3. The van der Waals surface area contributed by atoms with Gasteiger partial charge >= 0.3 is 6.09 Å². The van der Waals surface area contributed by atoms with Crippen LogP contribution in [0.15, 0.2) is 10.5 Å². The Labute approximate surface area is 237 Å². The van der Waals surface area contributed by atoms with Crippen molar-refractivity contribution in [2.75, 3.05) is 36.4 Å². The lowest BCUT2D eigenvalue weighted by Crippen LogP contribution is -2.70. The number of carbonyl (C=O) groups is 1. The molecule has 2 N–H and O–H groups in total. The van der Waals surface area contributed by atoms with E-state index in [0.717, 1.165) is 32.0 Å². The Bertz CT molecular complexity index is 1250. The first-order valence-electron chi connectivity index (χ1n) is 13.4. The van der Waals surface area contributed by atoms with Gasteiger partial charge in [0.05, 0.1) is 15.0 Å². The number of nitrogens with zero attached hydrogens (tertiary/aromatic N) is 5. The molecule has 0 spiro atoms. The largest absolute Gasteiger partial charge is 0.465 e. The zero-order valence-electron chi connectivity index (χ0n) is 22.7. The van der Waals surface area contributed by atoms with Crippen molar-refractivity contribution in [1.29, 1.82) is 0 Å². The summed E-state index contributed by atoms with van der Waals surface area (Å²) in [7, 11) is 0. The Balaban J connectivity index is 1.55. The predicted octanol–water partition coefficient (Wildman–Crippen LogP) is 6.22. The van der Waals surface area contributed by atoms with Gasteiger partial charge < -0.3 is 20.2 Å². The van der Waals surface area contributed by atoms with E-state index in [-0.39, 0.29) is 32.5 Å². The normalized spacial score (nSPS) is 25.7. The van der Waals surface area contributed by atoms with Gasteiger partial charge in [-0.15, -0.1) is 0 Å². The highest BCUT2D eigenvalue weighted by Crippen LogP contribution is 2.43. The summed E-state index contributed by atoms with van der Waals surface area (Å²) >= 11 is 9.68. The molecule has 0 bridgehead atoms. The molecular formula is C27H37BrClFN6O2. The number of hydrogen-bond acceptors (Lipinski definition) is 6. The minimum Gasteiger partial charge on any atom is -0.465 e. The van der Waals surface area contributed by atoms with Gasteiger partial charge in [0.15, 0.2) is 5.82 Å². The van der Waals surface area contributed by atoms with E-state index in [9.17, 15) is 9.90 Å². The van der Waals surface area contributed by atoms with Crippen molar-refractivity contribution in [2.45, 2.75) is 84.0 Å². The summed E-state index contributed by atoms with van der Waals surface area (Å²) in [5.41, 5.74) is -0.895. The molecule has 1 amide bonds. The summed E-state index contributed by atoms with van der Waals surface area (Å²) in [6, 6.07) is 2.45. The van der Waals surface area contributed by atoms with Crippen molar-refractivity contribution in [3.63, 3.8) is 0 Å². The second-order valence-corrected chi connectivity index (χ2v) is 13.5. The van der Waals surface area contributed by atoms with E-state index in [1.807, 2.05) is 34.6 Å². The molecule has 2 aliphatic heterocycles. The van der Waals surface area contributed by atoms with Crippen LogP contribution in [0.25, 0.3) is 10.9 Å². The standard InChI is InChI=1S/C27H37BrClFN6O2/c1-15-13-36(25(37)38)27(5,26(2,3)4)14-35(15)23-18-12-19(29)20(28)21(30)22(18)32-24(33-23)31-16-8-10-34(11-9-16)17-6-7-17/h12,15-17H,6-11,13-14H2,1-5H3,(H,37,38)(H,31,32,33)/t15-,27-/m0/s1. The van der Waals surface area contributed by atoms with Crippen molar-refractivity contribution in [3.8, 4) is 0 Å². The fraction of sp³-hybridized carbons (Fsp3) is 0.667. The molecule has 1 aromatic heterocycles. The summed E-state index contributed by atoms with van der Waals surface area (Å²) in [6.07, 6.45) is 3.62. The number of piperazine rings is 1. The van der Waals surface area contributed by atoms with Crippen molar-refractivity contribution < 1.29 is 14.3 Å². The first kappa shape index (κ1) is 27.6. The smallest absolute Gasteiger partial charge is 0.407 e. The number of amides is 1. The first-order chi connectivity index (χ1) is 17.8. The van der Waals surface area contributed by atoms with Crippen LogP contribution in [-0.2, 0) is 0 Å². The molecule has 3 heterocycles. The Morgan fingerprint density at radius 2 is 1.89 bits per heavy atom. The van der Waals surface area contributed by atoms with Crippen LogP contribution in [0.2, 0.25) is 5.02 Å². The van der Waals surface area contributed by atoms with Crippen LogP contribution in [0.3, 0.4) is 0 Å². The molecule has 208 valence electrons. The Kier molecular flexibility index (Phi) is 7.22. The molecule has 2 aromatic rings. The molecule has 38 heavy (non-hydrogen) atoms. The van der Waals surface area contributed by atoms with Crippen LogP contribution < -0.4 is 10.2 Å². The van der Waals surface area contributed by atoms with Crippen LogP contribution in [-0.4, -0.2) is 80.8 Å². The average molecular weight is 612 g/mol. The number of benzene rings is 1. The van der Waals surface area contributed by atoms with E-state index in [2.05, 4.69) is 36.0 Å². The van der Waals surface area contributed by atoms with Gasteiger partial charge in [0.2, 0.25) is 5.95 Å². The van der Waals surface area contributed by atoms with E-state index >= 15 is 4.39 Å². The van der Waals surface area contributed by atoms with Crippen molar-refractivity contribution in [3.05, 3.63) is 21.4 Å².